The number of aromatic nitrogens is 6. The molecule has 0 amide bonds. The van der Waals surface area contributed by atoms with Crippen molar-refractivity contribution in [1.82, 2.24) is 34.3 Å². The Kier molecular flexibility index (Phi) is 4.00. The van der Waals surface area contributed by atoms with Gasteiger partial charge >= 0.3 is 0 Å². The van der Waals surface area contributed by atoms with Gasteiger partial charge in [-0.3, -0.25) is 0 Å². The predicted molar refractivity (Wildman–Crippen MR) is 83.3 cm³/mol. The van der Waals surface area contributed by atoms with Crippen LogP contribution in [0.2, 0.25) is 0 Å². The molecular weight excluding hydrogens is 368 g/mol. The van der Waals surface area contributed by atoms with Crippen LogP contribution in [0.15, 0.2) is 41.7 Å². The molecular formula is C14H13F2N7O2S. The summed E-state index contributed by atoms with van der Waals surface area (Å²) < 4.78 is 54.5. The largest absolute Gasteiger partial charge is 0.246 e. The van der Waals surface area contributed by atoms with Crippen LogP contribution in [0.5, 0.6) is 0 Å². The molecule has 0 atom stereocenters. The fourth-order valence-corrected chi connectivity index (χ4v) is 4.22. The third kappa shape index (κ3) is 2.97. The summed E-state index contributed by atoms with van der Waals surface area (Å²) in [6.45, 7) is 0.540. The molecule has 0 radical (unpaired) electrons. The molecule has 1 aliphatic rings. The van der Waals surface area contributed by atoms with Crippen LogP contribution in [0.1, 0.15) is 11.7 Å². The van der Waals surface area contributed by atoms with Gasteiger partial charge in [0.05, 0.1) is 24.6 Å². The lowest BCUT2D eigenvalue weighted by Gasteiger charge is -2.37. The van der Waals surface area contributed by atoms with Crippen LogP contribution in [0, 0.1) is 11.6 Å². The van der Waals surface area contributed by atoms with Gasteiger partial charge in [-0.1, -0.05) is 5.21 Å². The molecule has 1 aliphatic heterocycles. The highest BCUT2D eigenvalue weighted by Crippen LogP contribution is 2.29. The molecule has 12 heteroatoms. The van der Waals surface area contributed by atoms with Gasteiger partial charge in [-0.25, -0.2) is 21.9 Å². The molecule has 0 spiro atoms. The number of nitrogens with zero attached hydrogens (tertiary/aromatic N) is 7. The Hall–Kier alpha value is -2.73. The van der Waals surface area contributed by atoms with Crippen molar-refractivity contribution in [3.05, 3.63) is 54.1 Å². The van der Waals surface area contributed by atoms with Crippen LogP contribution >= 0.6 is 0 Å². The summed E-state index contributed by atoms with van der Waals surface area (Å²) in [6, 6.07) is 2.13. The van der Waals surface area contributed by atoms with Crippen molar-refractivity contribution in [3.8, 4) is 0 Å². The van der Waals surface area contributed by atoms with Gasteiger partial charge < -0.3 is 0 Å². The summed E-state index contributed by atoms with van der Waals surface area (Å²) in [5.74, 6) is -1.79. The van der Waals surface area contributed by atoms with E-state index in [1.165, 1.54) is 4.80 Å². The quantitative estimate of drug-likeness (QED) is 0.636. The molecule has 0 saturated carbocycles. The van der Waals surface area contributed by atoms with E-state index in [2.05, 4.69) is 20.5 Å². The highest BCUT2D eigenvalue weighted by molar-refractivity contribution is 7.89. The summed E-state index contributed by atoms with van der Waals surface area (Å²) in [4.78, 5) is 0.776. The van der Waals surface area contributed by atoms with Gasteiger partial charge in [0.15, 0.2) is 0 Å². The van der Waals surface area contributed by atoms with E-state index in [9.17, 15) is 17.2 Å². The molecule has 3 heterocycles. The van der Waals surface area contributed by atoms with Crippen LogP contribution in [0.25, 0.3) is 0 Å². The van der Waals surface area contributed by atoms with E-state index < -0.39 is 26.6 Å². The smallest absolute Gasteiger partial charge is 0.246 e. The van der Waals surface area contributed by atoms with E-state index in [4.69, 9.17) is 0 Å². The standard InChI is InChI=1S/C14H13F2N7O2S/c15-10-1-2-13(16)14(5-10)26(24,25)21-8-12(9-21)22-6-11(19-20-22)7-23-17-3-4-18-23/h1-6,12H,7-9H2. The number of hydrogen-bond donors (Lipinski definition) is 0. The highest BCUT2D eigenvalue weighted by Gasteiger charge is 2.39. The third-order valence-electron chi connectivity index (χ3n) is 4.04. The van der Waals surface area contributed by atoms with Gasteiger partial charge in [-0.05, 0) is 18.2 Å². The Morgan fingerprint density at radius 1 is 1.15 bits per heavy atom. The molecule has 9 nitrogen and oxygen atoms in total. The number of halogens is 2. The maximum Gasteiger partial charge on any atom is 0.246 e. The topological polar surface area (TPSA) is 98.8 Å². The minimum atomic E-state index is -4.10. The number of hydrogen-bond acceptors (Lipinski definition) is 6. The zero-order chi connectivity index (χ0) is 18.3. The maximum atomic E-state index is 13.8. The van der Waals surface area contributed by atoms with Gasteiger partial charge in [0, 0.05) is 13.1 Å². The SMILES string of the molecule is O=S(=O)(c1cc(F)ccc1F)N1CC(n2cc(Cn3nccn3)nn2)C1. The Labute approximate surface area is 146 Å². The van der Waals surface area contributed by atoms with Gasteiger partial charge in [0.25, 0.3) is 0 Å². The fraction of sp³-hybridized carbons (Fsp3) is 0.286. The second kappa shape index (κ2) is 6.21. The summed E-state index contributed by atoms with van der Waals surface area (Å²) in [5.41, 5.74) is 0.624. The normalized spacial score (nSPS) is 15.9. The first-order valence-electron chi connectivity index (χ1n) is 7.63. The molecule has 2 aromatic heterocycles. The van der Waals surface area contributed by atoms with Crippen LogP contribution in [0.4, 0.5) is 8.78 Å². The van der Waals surface area contributed by atoms with Crippen molar-refractivity contribution >= 4 is 10.0 Å². The van der Waals surface area contributed by atoms with Crippen molar-refractivity contribution < 1.29 is 17.2 Å². The van der Waals surface area contributed by atoms with Gasteiger partial charge in [0.1, 0.15) is 28.8 Å². The average Bonchev–Trinajstić information content (AvgIpc) is 3.21. The highest BCUT2D eigenvalue weighted by atomic mass is 32.2. The first kappa shape index (κ1) is 16.7. The monoisotopic (exact) mass is 381 g/mol. The lowest BCUT2D eigenvalue weighted by molar-refractivity contribution is 0.188. The van der Waals surface area contributed by atoms with Crippen LogP contribution in [0.3, 0.4) is 0 Å². The molecule has 1 fully saturated rings. The Bertz CT molecular complexity index is 1030. The number of sulfonamides is 1. The van der Waals surface area contributed by atoms with E-state index in [0.717, 1.165) is 16.4 Å². The predicted octanol–water partition coefficient (Wildman–Crippen LogP) is 0.442. The van der Waals surface area contributed by atoms with Crippen molar-refractivity contribution in [2.45, 2.75) is 17.5 Å². The average molecular weight is 381 g/mol. The number of benzene rings is 1. The Morgan fingerprint density at radius 3 is 2.62 bits per heavy atom. The lowest BCUT2D eigenvalue weighted by atomic mass is 10.2. The molecule has 26 heavy (non-hydrogen) atoms. The molecule has 0 N–H and O–H groups in total. The molecule has 1 aromatic carbocycles. The van der Waals surface area contributed by atoms with Crippen molar-refractivity contribution in [2.24, 2.45) is 0 Å². The zero-order valence-corrected chi connectivity index (χ0v) is 14.1. The van der Waals surface area contributed by atoms with Crippen molar-refractivity contribution in [2.75, 3.05) is 13.1 Å². The summed E-state index contributed by atoms with van der Waals surface area (Å²) >= 11 is 0. The molecule has 4 rings (SSSR count). The lowest BCUT2D eigenvalue weighted by Crippen LogP contribution is -2.50. The summed E-state index contributed by atoms with van der Waals surface area (Å²) in [7, 11) is -4.10. The van der Waals surface area contributed by atoms with E-state index >= 15 is 0 Å². The Balaban J connectivity index is 1.45. The summed E-state index contributed by atoms with van der Waals surface area (Å²) in [6.07, 6.45) is 4.77. The Morgan fingerprint density at radius 2 is 1.88 bits per heavy atom. The molecule has 0 aliphatic carbocycles. The minimum Gasteiger partial charge on any atom is -0.246 e. The van der Waals surface area contributed by atoms with Gasteiger partial charge in [0.2, 0.25) is 10.0 Å². The molecule has 1 saturated heterocycles. The fourth-order valence-electron chi connectivity index (χ4n) is 2.63. The van der Waals surface area contributed by atoms with E-state index in [1.807, 2.05) is 0 Å². The first-order valence-corrected chi connectivity index (χ1v) is 9.07. The second-order valence-corrected chi connectivity index (χ2v) is 7.71. The first-order chi connectivity index (χ1) is 12.4. The van der Waals surface area contributed by atoms with Crippen LogP contribution < -0.4 is 0 Å². The maximum absolute atomic E-state index is 13.8. The van der Waals surface area contributed by atoms with E-state index in [1.54, 1.807) is 23.3 Å². The van der Waals surface area contributed by atoms with Gasteiger partial charge in [-0.15, -0.1) is 5.10 Å². The van der Waals surface area contributed by atoms with E-state index in [0.29, 0.717) is 18.3 Å². The van der Waals surface area contributed by atoms with Crippen molar-refractivity contribution in [1.29, 1.82) is 0 Å². The molecule has 0 bridgehead atoms. The third-order valence-corrected chi connectivity index (χ3v) is 5.89. The van der Waals surface area contributed by atoms with Crippen LogP contribution in [-0.4, -0.2) is 55.8 Å². The van der Waals surface area contributed by atoms with Crippen LogP contribution in [-0.2, 0) is 16.6 Å². The van der Waals surface area contributed by atoms with Gasteiger partial charge in [-0.2, -0.15) is 19.3 Å². The zero-order valence-electron chi connectivity index (χ0n) is 13.3. The second-order valence-electron chi connectivity index (χ2n) is 5.80. The van der Waals surface area contributed by atoms with Crippen molar-refractivity contribution in [3.63, 3.8) is 0 Å². The molecule has 0 unspecified atom stereocenters. The minimum absolute atomic E-state index is 0.0983. The van der Waals surface area contributed by atoms with E-state index in [-0.39, 0.29) is 19.1 Å². The molecule has 136 valence electrons. The summed E-state index contributed by atoms with van der Waals surface area (Å²) in [5, 5.41) is 15.9. The molecule has 3 aromatic rings. The number of rotatable bonds is 5.